The number of nitrogens with zero attached hydrogens (tertiary/aromatic N) is 2. The Morgan fingerprint density at radius 3 is 2.13 bits per heavy atom. The van der Waals surface area contributed by atoms with Crippen molar-refractivity contribution in [3.8, 4) is 5.69 Å². The van der Waals surface area contributed by atoms with Crippen LogP contribution < -0.4 is 10.2 Å². The first-order valence-electron chi connectivity index (χ1n) is 9.69. The van der Waals surface area contributed by atoms with Gasteiger partial charge in [0.2, 0.25) is 0 Å². The number of aromatic nitrogens is 1. The zero-order valence-corrected chi connectivity index (χ0v) is 18.9. The van der Waals surface area contributed by atoms with Gasteiger partial charge < -0.3 is 4.57 Å². The van der Waals surface area contributed by atoms with Crippen LogP contribution in [-0.2, 0) is 9.59 Å². The molecule has 1 saturated heterocycles. The average Bonchev–Trinajstić information content (AvgIpc) is 3.00. The molecular formula is C24H20BrN3O3. The Balaban J connectivity index is 1.75. The topological polar surface area (TPSA) is 71.4 Å². The van der Waals surface area contributed by atoms with E-state index >= 15 is 0 Å². The Morgan fingerprint density at radius 2 is 1.48 bits per heavy atom. The maximum absolute atomic E-state index is 13.1. The summed E-state index contributed by atoms with van der Waals surface area (Å²) in [7, 11) is 0. The van der Waals surface area contributed by atoms with Crippen molar-refractivity contribution in [3.05, 3.63) is 87.2 Å². The molecule has 156 valence electrons. The molecule has 1 N–H and O–H groups in total. The first-order valence-corrected chi connectivity index (χ1v) is 10.5. The predicted octanol–water partition coefficient (Wildman–Crippen LogP) is 4.83. The van der Waals surface area contributed by atoms with Crippen molar-refractivity contribution in [1.29, 1.82) is 0 Å². The number of barbiturate groups is 1. The fourth-order valence-corrected chi connectivity index (χ4v) is 3.93. The summed E-state index contributed by atoms with van der Waals surface area (Å²) in [6, 6.07) is 16.0. The molecule has 4 rings (SSSR count). The van der Waals surface area contributed by atoms with Gasteiger partial charge in [0.15, 0.2) is 0 Å². The number of nitrogens with one attached hydrogen (secondary N) is 1. The molecule has 1 aromatic heterocycles. The van der Waals surface area contributed by atoms with Gasteiger partial charge in [-0.05, 0) is 74.9 Å². The Bertz CT molecular complexity index is 1240. The van der Waals surface area contributed by atoms with Crippen LogP contribution in [-0.4, -0.2) is 22.4 Å². The van der Waals surface area contributed by atoms with Gasteiger partial charge in [0.05, 0.1) is 5.69 Å². The van der Waals surface area contributed by atoms with E-state index < -0.39 is 17.8 Å². The number of urea groups is 1. The van der Waals surface area contributed by atoms with Gasteiger partial charge in [0.1, 0.15) is 5.57 Å². The summed E-state index contributed by atoms with van der Waals surface area (Å²) in [5.41, 5.74) is 4.87. The molecule has 0 aliphatic carbocycles. The molecule has 0 unspecified atom stereocenters. The van der Waals surface area contributed by atoms with Crippen LogP contribution in [0.25, 0.3) is 11.8 Å². The van der Waals surface area contributed by atoms with E-state index in [2.05, 4.69) is 21.2 Å². The average molecular weight is 478 g/mol. The Kier molecular flexibility index (Phi) is 5.37. The highest BCUT2D eigenvalue weighted by molar-refractivity contribution is 9.10. The molecule has 31 heavy (non-hydrogen) atoms. The number of hydrogen-bond donors (Lipinski definition) is 1. The number of amides is 4. The molecule has 1 aliphatic heterocycles. The van der Waals surface area contributed by atoms with E-state index in [0.29, 0.717) is 5.69 Å². The molecule has 1 aliphatic rings. The summed E-state index contributed by atoms with van der Waals surface area (Å²) in [6.45, 7) is 5.80. The molecule has 4 amide bonds. The van der Waals surface area contributed by atoms with Crippen molar-refractivity contribution in [2.75, 3.05) is 4.90 Å². The van der Waals surface area contributed by atoms with Gasteiger partial charge in [-0.15, -0.1) is 0 Å². The second kappa shape index (κ2) is 8.00. The number of hydrogen-bond acceptors (Lipinski definition) is 3. The summed E-state index contributed by atoms with van der Waals surface area (Å²) in [6.07, 6.45) is 1.54. The van der Waals surface area contributed by atoms with Crippen LogP contribution in [0.5, 0.6) is 0 Å². The van der Waals surface area contributed by atoms with E-state index in [0.717, 1.165) is 37.6 Å². The third-order valence-electron chi connectivity index (χ3n) is 5.25. The Hall–Kier alpha value is -3.45. The van der Waals surface area contributed by atoms with E-state index in [1.165, 1.54) is 0 Å². The standard InChI is InChI=1S/C24H20BrN3O3/c1-14-4-8-20(9-5-14)28-23(30)21(22(29)26-24(28)31)13-17-12-15(2)27(16(17)3)19-10-6-18(25)7-11-19/h4-13H,1-3H3,(H,26,29,31)/b21-13-. The van der Waals surface area contributed by atoms with Crippen molar-refractivity contribution in [3.63, 3.8) is 0 Å². The molecule has 2 aromatic carbocycles. The number of carbonyl (C=O) groups is 3. The van der Waals surface area contributed by atoms with Crippen molar-refractivity contribution in [1.82, 2.24) is 9.88 Å². The lowest BCUT2D eigenvalue weighted by atomic mass is 10.1. The Morgan fingerprint density at radius 1 is 0.871 bits per heavy atom. The zero-order chi connectivity index (χ0) is 22.3. The Labute approximate surface area is 188 Å². The molecule has 7 heteroatoms. The maximum Gasteiger partial charge on any atom is 0.335 e. The number of imide groups is 2. The van der Waals surface area contributed by atoms with Crippen molar-refractivity contribution in [2.24, 2.45) is 0 Å². The predicted molar refractivity (Wildman–Crippen MR) is 123 cm³/mol. The van der Waals surface area contributed by atoms with Crippen LogP contribution in [0.4, 0.5) is 10.5 Å². The van der Waals surface area contributed by atoms with Crippen LogP contribution >= 0.6 is 15.9 Å². The summed E-state index contributed by atoms with van der Waals surface area (Å²) in [5.74, 6) is -1.35. The number of anilines is 1. The minimum Gasteiger partial charge on any atom is -0.318 e. The van der Waals surface area contributed by atoms with Gasteiger partial charge in [-0.25, -0.2) is 9.69 Å². The molecular weight excluding hydrogens is 458 g/mol. The summed E-state index contributed by atoms with van der Waals surface area (Å²) in [4.78, 5) is 39.0. The fourth-order valence-electron chi connectivity index (χ4n) is 3.66. The largest absolute Gasteiger partial charge is 0.335 e. The van der Waals surface area contributed by atoms with Gasteiger partial charge in [-0.1, -0.05) is 33.6 Å². The number of rotatable bonds is 3. The molecule has 0 saturated carbocycles. The minimum absolute atomic E-state index is 0.0868. The first kappa shape index (κ1) is 20.8. The lowest BCUT2D eigenvalue weighted by Crippen LogP contribution is -2.54. The van der Waals surface area contributed by atoms with Gasteiger partial charge in [-0.2, -0.15) is 0 Å². The highest BCUT2D eigenvalue weighted by Gasteiger charge is 2.37. The molecule has 2 heterocycles. The van der Waals surface area contributed by atoms with Crippen molar-refractivity contribution in [2.45, 2.75) is 20.8 Å². The van der Waals surface area contributed by atoms with Crippen molar-refractivity contribution < 1.29 is 14.4 Å². The highest BCUT2D eigenvalue weighted by atomic mass is 79.9. The van der Waals surface area contributed by atoms with Crippen LogP contribution in [0.2, 0.25) is 0 Å². The van der Waals surface area contributed by atoms with Gasteiger partial charge in [-0.3, -0.25) is 14.9 Å². The molecule has 3 aromatic rings. The molecule has 0 atom stereocenters. The molecule has 0 radical (unpaired) electrons. The molecule has 0 spiro atoms. The van der Waals surface area contributed by atoms with Crippen LogP contribution in [0.3, 0.4) is 0 Å². The van der Waals surface area contributed by atoms with Crippen LogP contribution in [0, 0.1) is 20.8 Å². The molecule has 0 bridgehead atoms. The van der Waals surface area contributed by atoms with Gasteiger partial charge in [0.25, 0.3) is 11.8 Å². The first-order chi connectivity index (χ1) is 14.8. The number of benzene rings is 2. The third-order valence-corrected chi connectivity index (χ3v) is 5.78. The van der Waals surface area contributed by atoms with E-state index in [-0.39, 0.29) is 5.57 Å². The number of aryl methyl sites for hydroxylation is 2. The van der Waals surface area contributed by atoms with Crippen LogP contribution in [0.15, 0.2) is 64.6 Å². The van der Waals surface area contributed by atoms with Crippen LogP contribution in [0.1, 0.15) is 22.5 Å². The van der Waals surface area contributed by atoms with E-state index in [4.69, 9.17) is 0 Å². The van der Waals surface area contributed by atoms with E-state index in [9.17, 15) is 14.4 Å². The lowest BCUT2D eigenvalue weighted by Gasteiger charge is -2.26. The SMILES string of the molecule is Cc1ccc(N2C(=O)NC(=O)/C(=C/c3cc(C)n(-c4ccc(Br)cc4)c3C)C2=O)cc1. The van der Waals surface area contributed by atoms with Gasteiger partial charge in [0, 0.05) is 21.5 Å². The highest BCUT2D eigenvalue weighted by Crippen LogP contribution is 2.26. The van der Waals surface area contributed by atoms with Crippen molar-refractivity contribution >= 4 is 45.5 Å². The van der Waals surface area contributed by atoms with Gasteiger partial charge >= 0.3 is 6.03 Å². The number of carbonyl (C=O) groups excluding carboxylic acids is 3. The fraction of sp³-hybridized carbons (Fsp3) is 0.125. The molecule has 1 fully saturated rings. The monoisotopic (exact) mass is 477 g/mol. The maximum atomic E-state index is 13.1. The number of halogens is 1. The lowest BCUT2D eigenvalue weighted by molar-refractivity contribution is -0.122. The van der Waals surface area contributed by atoms with E-state index in [1.807, 2.05) is 67.8 Å². The smallest absolute Gasteiger partial charge is 0.318 e. The molecule has 6 nitrogen and oxygen atoms in total. The summed E-state index contributed by atoms with van der Waals surface area (Å²) in [5, 5.41) is 2.27. The summed E-state index contributed by atoms with van der Waals surface area (Å²) >= 11 is 3.44. The second-order valence-corrected chi connectivity index (χ2v) is 8.35. The van der Waals surface area contributed by atoms with E-state index in [1.54, 1.807) is 18.2 Å². The minimum atomic E-state index is -0.753. The second-order valence-electron chi connectivity index (χ2n) is 7.43. The zero-order valence-electron chi connectivity index (χ0n) is 17.3. The third kappa shape index (κ3) is 3.84. The quantitative estimate of drug-likeness (QED) is 0.433. The summed E-state index contributed by atoms with van der Waals surface area (Å²) < 4.78 is 3.03. The normalized spacial score (nSPS) is 15.5.